The first-order chi connectivity index (χ1) is 17.3. The highest BCUT2D eigenvalue weighted by Gasteiger charge is 2.37. The molecule has 186 valence electrons. The summed E-state index contributed by atoms with van der Waals surface area (Å²) in [6.45, 7) is 10.5. The molecule has 7 heteroatoms. The average molecular weight is 485 g/mol. The second-order valence-electron chi connectivity index (χ2n) is 10.5. The minimum absolute atomic E-state index is 0.0575. The van der Waals surface area contributed by atoms with Crippen LogP contribution in [0.2, 0.25) is 0 Å². The number of benzene rings is 1. The van der Waals surface area contributed by atoms with Gasteiger partial charge in [0.25, 0.3) is 5.91 Å². The molecule has 1 amide bonds. The summed E-state index contributed by atoms with van der Waals surface area (Å²) >= 11 is 0. The van der Waals surface area contributed by atoms with Gasteiger partial charge in [0.2, 0.25) is 0 Å². The standard InChI is InChI=1S/C29H32N4O3/c1-19(2)26-24-18-36-29(3,4)14-22(24)23(15-30)27(31-26)32-11-12-33(28(34)21-10-13-35-17-21)25(16-32)20-8-6-5-7-9-20/h5-10,13,17,19,25H,11-12,14,16,18H2,1-4H3. The summed E-state index contributed by atoms with van der Waals surface area (Å²) in [6.07, 6.45) is 3.69. The van der Waals surface area contributed by atoms with Gasteiger partial charge in [-0.05, 0) is 37.0 Å². The predicted octanol–water partition coefficient (Wildman–Crippen LogP) is 5.22. The molecule has 1 aromatic carbocycles. The van der Waals surface area contributed by atoms with Crippen molar-refractivity contribution in [1.82, 2.24) is 9.88 Å². The van der Waals surface area contributed by atoms with Crippen molar-refractivity contribution >= 4 is 11.7 Å². The largest absolute Gasteiger partial charge is 0.472 e. The van der Waals surface area contributed by atoms with Crippen molar-refractivity contribution in [2.45, 2.75) is 58.3 Å². The number of hydrogen-bond donors (Lipinski definition) is 0. The van der Waals surface area contributed by atoms with Crippen LogP contribution in [0.15, 0.2) is 53.3 Å². The highest BCUT2D eigenvalue weighted by Crippen LogP contribution is 2.39. The van der Waals surface area contributed by atoms with Crippen LogP contribution >= 0.6 is 0 Å². The third-order valence-corrected chi connectivity index (χ3v) is 7.19. The molecule has 1 fully saturated rings. The van der Waals surface area contributed by atoms with Crippen molar-refractivity contribution in [3.05, 3.63) is 82.4 Å². The normalized spacial score (nSPS) is 19.2. The van der Waals surface area contributed by atoms with Gasteiger partial charge >= 0.3 is 0 Å². The van der Waals surface area contributed by atoms with Gasteiger partial charge in [0.05, 0.1) is 41.3 Å². The van der Waals surface area contributed by atoms with E-state index in [1.54, 1.807) is 6.07 Å². The number of hydrogen-bond acceptors (Lipinski definition) is 6. The maximum atomic E-state index is 13.4. The van der Waals surface area contributed by atoms with Gasteiger partial charge in [-0.1, -0.05) is 44.2 Å². The molecular formula is C29H32N4O3. The predicted molar refractivity (Wildman–Crippen MR) is 137 cm³/mol. The molecule has 4 heterocycles. The van der Waals surface area contributed by atoms with E-state index in [0.29, 0.717) is 49.6 Å². The first kappa shape index (κ1) is 24.1. The maximum Gasteiger partial charge on any atom is 0.257 e. The zero-order valence-corrected chi connectivity index (χ0v) is 21.3. The highest BCUT2D eigenvalue weighted by molar-refractivity contribution is 5.94. The lowest BCUT2D eigenvalue weighted by molar-refractivity contribution is -0.0408. The number of carbonyl (C=O) groups excluding carboxylic acids is 1. The Labute approximate surface area is 212 Å². The molecule has 0 N–H and O–H groups in total. The summed E-state index contributed by atoms with van der Waals surface area (Å²) in [5.74, 6) is 0.857. The second kappa shape index (κ2) is 9.44. The van der Waals surface area contributed by atoms with Crippen LogP contribution in [0.25, 0.3) is 0 Å². The number of fused-ring (bicyclic) bond motifs is 1. The van der Waals surface area contributed by atoms with Crippen LogP contribution in [-0.4, -0.2) is 41.0 Å². The van der Waals surface area contributed by atoms with Crippen LogP contribution < -0.4 is 4.90 Å². The van der Waals surface area contributed by atoms with Crippen LogP contribution in [0.3, 0.4) is 0 Å². The van der Waals surface area contributed by atoms with Gasteiger partial charge in [-0.25, -0.2) is 4.98 Å². The molecule has 3 aromatic rings. The number of carbonyl (C=O) groups is 1. The molecule has 1 saturated heterocycles. The van der Waals surface area contributed by atoms with Crippen molar-refractivity contribution < 1.29 is 13.9 Å². The van der Waals surface area contributed by atoms with Gasteiger partial charge in [0.1, 0.15) is 18.2 Å². The van der Waals surface area contributed by atoms with Gasteiger partial charge < -0.3 is 19.0 Å². The van der Waals surface area contributed by atoms with Gasteiger partial charge in [-0.2, -0.15) is 5.26 Å². The molecule has 0 radical (unpaired) electrons. The molecule has 0 saturated carbocycles. The quantitative estimate of drug-likeness (QED) is 0.505. The van der Waals surface area contributed by atoms with Crippen LogP contribution in [-0.2, 0) is 17.8 Å². The molecule has 2 aliphatic rings. The lowest BCUT2D eigenvalue weighted by Crippen LogP contribution is -2.51. The minimum atomic E-state index is -0.340. The molecule has 5 rings (SSSR count). The number of amides is 1. The summed E-state index contributed by atoms with van der Waals surface area (Å²) in [6, 6.07) is 14.1. The molecular weight excluding hydrogens is 452 g/mol. The lowest BCUT2D eigenvalue weighted by Gasteiger charge is -2.43. The van der Waals surface area contributed by atoms with Crippen molar-refractivity contribution in [1.29, 1.82) is 5.26 Å². The highest BCUT2D eigenvalue weighted by atomic mass is 16.5. The van der Waals surface area contributed by atoms with Crippen molar-refractivity contribution in [3.8, 4) is 6.07 Å². The van der Waals surface area contributed by atoms with E-state index in [1.807, 2.05) is 23.1 Å². The summed E-state index contributed by atoms with van der Waals surface area (Å²) in [7, 11) is 0. The van der Waals surface area contributed by atoms with Crippen LogP contribution in [0.4, 0.5) is 5.82 Å². The molecule has 1 unspecified atom stereocenters. The van der Waals surface area contributed by atoms with E-state index in [9.17, 15) is 10.1 Å². The summed E-state index contributed by atoms with van der Waals surface area (Å²) < 4.78 is 11.3. The maximum absolute atomic E-state index is 13.4. The van der Waals surface area contributed by atoms with Crippen LogP contribution in [0.1, 0.15) is 78.0 Å². The number of piperazine rings is 1. The molecule has 0 bridgehead atoms. The molecule has 0 spiro atoms. The monoisotopic (exact) mass is 484 g/mol. The number of rotatable bonds is 4. The van der Waals surface area contributed by atoms with E-state index < -0.39 is 0 Å². The first-order valence-electron chi connectivity index (χ1n) is 12.5. The van der Waals surface area contributed by atoms with E-state index in [-0.39, 0.29) is 23.5 Å². The summed E-state index contributed by atoms with van der Waals surface area (Å²) in [5.41, 5.74) is 4.98. The fourth-order valence-electron chi connectivity index (χ4n) is 5.33. The fourth-order valence-corrected chi connectivity index (χ4v) is 5.33. The van der Waals surface area contributed by atoms with Gasteiger partial charge in [-0.3, -0.25) is 4.79 Å². The molecule has 2 aromatic heterocycles. The van der Waals surface area contributed by atoms with Crippen molar-refractivity contribution in [2.24, 2.45) is 0 Å². The first-order valence-corrected chi connectivity index (χ1v) is 12.5. The van der Waals surface area contributed by atoms with Crippen LogP contribution in [0.5, 0.6) is 0 Å². The van der Waals surface area contributed by atoms with Gasteiger partial charge in [0, 0.05) is 31.6 Å². The molecule has 0 aliphatic carbocycles. The van der Waals surface area contributed by atoms with E-state index in [2.05, 4.69) is 50.8 Å². The molecule has 1 atom stereocenters. The molecule has 7 nitrogen and oxygen atoms in total. The van der Waals surface area contributed by atoms with Crippen molar-refractivity contribution in [3.63, 3.8) is 0 Å². The van der Waals surface area contributed by atoms with E-state index in [1.165, 1.54) is 12.5 Å². The number of ether oxygens (including phenoxy) is 1. The number of nitrogens with zero attached hydrogens (tertiary/aromatic N) is 4. The zero-order valence-electron chi connectivity index (χ0n) is 21.3. The Balaban J connectivity index is 1.57. The molecule has 2 aliphatic heterocycles. The number of nitriles is 1. The second-order valence-corrected chi connectivity index (χ2v) is 10.5. The third-order valence-electron chi connectivity index (χ3n) is 7.19. The summed E-state index contributed by atoms with van der Waals surface area (Å²) in [4.78, 5) is 22.6. The van der Waals surface area contributed by atoms with Gasteiger partial charge in [-0.15, -0.1) is 0 Å². The summed E-state index contributed by atoms with van der Waals surface area (Å²) in [5, 5.41) is 10.3. The number of anilines is 1. The topological polar surface area (TPSA) is 82.6 Å². The van der Waals surface area contributed by atoms with E-state index in [4.69, 9.17) is 14.1 Å². The zero-order chi connectivity index (χ0) is 25.4. The Hall–Kier alpha value is -3.63. The number of aromatic nitrogens is 1. The number of pyridine rings is 1. The molecule has 36 heavy (non-hydrogen) atoms. The smallest absolute Gasteiger partial charge is 0.257 e. The van der Waals surface area contributed by atoms with Crippen LogP contribution in [0, 0.1) is 11.3 Å². The Kier molecular flexibility index (Phi) is 6.31. The number of furan rings is 1. The van der Waals surface area contributed by atoms with Gasteiger partial charge in [0.15, 0.2) is 0 Å². The lowest BCUT2D eigenvalue weighted by atomic mass is 9.86. The Morgan fingerprint density at radius 1 is 1.17 bits per heavy atom. The van der Waals surface area contributed by atoms with Crippen molar-refractivity contribution in [2.75, 3.05) is 24.5 Å². The Morgan fingerprint density at radius 2 is 1.94 bits per heavy atom. The third kappa shape index (κ3) is 4.38. The SMILES string of the molecule is CC(C)c1nc(N2CCN(C(=O)c3ccoc3)C(c3ccccc3)C2)c(C#N)c2c1COC(C)(C)C2. The average Bonchev–Trinajstić information content (AvgIpc) is 3.42. The Bertz CT molecular complexity index is 1290. The van der Waals surface area contributed by atoms with E-state index >= 15 is 0 Å². The Morgan fingerprint density at radius 3 is 2.61 bits per heavy atom. The minimum Gasteiger partial charge on any atom is -0.472 e. The van der Waals surface area contributed by atoms with E-state index in [0.717, 1.165) is 22.4 Å². The fraction of sp³-hybridized carbons (Fsp3) is 0.414.